The first kappa shape index (κ1) is 14.9. The fourth-order valence-electron chi connectivity index (χ4n) is 2.37. The van der Waals surface area contributed by atoms with Gasteiger partial charge in [-0.15, -0.1) is 0 Å². The van der Waals surface area contributed by atoms with E-state index in [0.29, 0.717) is 24.2 Å². The van der Waals surface area contributed by atoms with Crippen molar-refractivity contribution in [2.24, 2.45) is 0 Å². The SMILES string of the molecule is CCC(=O)c1c(C)nn(Cc2cccc([N+](=O)[O-])c2)c1C. The number of nitrogens with zero attached hydrogens (tertiary/aromatic N) is 3. The van der Waals surface area contributed by atoms with Crippen LogP contribution in [0.5, 0.6) is 0 Å². The molecule has 110 valence electrons. The highest BCUT2D eigenvalue weighted by atomic mass is 16.6. The van der Waals surface area contributed by atoms with E-state index >= 15 is 0 Å². The van der Waals surface area contributed by atoms with Gasteiger partial charge in [-0.3, -0.25) is 19.6 Å². The van der Waals surface area contributed by atoms with Gasteiger partial charge in [0.05, 0.1) is 22.7 Å². The number of hydrogen-bond donors (Lipinski definition) is 0. The Morgan fingerprint density at radius 2 is 2.10 bits per heavy atom. The van der Waals surface area contributed by atoms with Gasteiger partial charge in [0.1, 0.15) is 0 Å². The third kappa shape index (κ3) is 2.99. The average molecular weight is 287 g/mol. The van der Waals surface area contributed by atoms with Crippen LogP contribution in [0.3, 0.4) is 0 Å². The Morgan fingerprint density at radius 1 is 1.38 bits per heavy atom. The van der Waals surface area contributed by atoms with E-state index in [1.54, 1.807) is 17.7 Å². The highest BCUT2D eigenvalue weighted by Gasteiger charge is 2.17. The number of carbonyl (C=O) groups excluding carboxylic acids is 1. The molecule has 0 saturated carbocycles. The first-order valence-corrected chi connectivity index (χ1v) is 6.74. The Labute approximate surface area is 122 Å². The Morgan fingerprint density at radius 3 is 2.71 bits per heavy atom. The van der Waals surface area contributed by atoms with Crippen molar-refractivity contribution >= 4 is 11.5 Å². The molecule has 1 aromatic carbocycles. The average Bonchev–Trinajstić information content (AvgIpc) is 2.73. The first-order chi connectivity index (χ1) is 9.93. The summed E-state index contributed by atoms with van der Waals surface area (Å²) in [4.78, 5) is 22.3. The molecular formula is C15H17N3O3. The number of benzene rings is 1. The molecule has 0 spiro atoms. The van der Waals surface area contributed by atoms with Crippen molar-refractivity contribution in [1.29, 1.82) is 0 Å². The highest BCUT2D eigenvalue weighted by Crippen LogP contribution is 2.18. The summed E-state index contributed by atoms with van der Waals surface area (Å²) < 4.78 is 1.72. The minimum Gasteiger partial charge on any atom is -0.294 e. The number of nitro groups is 1. The Hall–Kier alpha value is -2.50. The van der Waals surface area contributed by atoms with E-state index in [4.69, 9.17) is 0 Å². The van der Waals surface area contributed by atoms with Gasteiger partial charge in [0.25, 0.3) is 5.69 Å². The van der Waals surface area contributed by atoms with E-state index in [1.165, 1.54) is 12.1 Å². The monoisotopic (exact) mass is 287 g/mol. The van der Waals surface area contributed by atoms with Gasteiger partial charge in [-0.2, -0.15) is 5.10 Å². The van der Waals surface area contributed by atoms with Gasteiger partial charge in [0.2, 0.25) is 0 Å². The topological polar surface area (TPSA) is 78.0 Å². The number of rotatable bonds is 5. The quantitative estimate of drug-likeness (QED) is 0.481. The molecule has 0 atom stereocenters. The molecule has 1 aromatic heterocycles. The Balaban J connectivity index is 2.34. The Bertz CT molecular complexity index is 704. The minimum absolute atomic E-state index is 0.0545. The lowest BCUT2D eigenvalue weighted by molar-refractivity contribution is -0.384. The summed E-state index contributed by atoms with van der Waals surface area (Å²) >= 11 is 0. The number of Topliss-reactive ketones (excluding diaryl/α,β-unsaturated/α-hetero) is 1. The fraction of sp³-hybridized carbons (Fsp3) is 0.333. The van der Waals surface area contributed by atoms with Crippen molar-refractivity contribution in [3.8, 4) is 0 Å². The van der Waals surface area contributed by atoms with Gasteiger partial charge in [-0.05, 0) is 19.4 Å². The van der Waals surface area contributed by atoms with Crippen LogP contribution < -0.4 is 0 Å². The summed E-state index contributed by atoms with van der Waals surface area (Å²) in [6.07, 6.45) is 0.435. The van der Waals surface area contributed by atoms with Crippen LogP contribution >= 0.6 is 0 Å². The number of ketones is 1. The molecule has 1 heterocycles. The number of non-ortho nitro benzene ring substituents is 1. The molecule has 0 bridgehead atoms. The van der Waals surface area contributed by atoms with Crippen LogP contribution in [0, 0.1) is 24.0 Å². The molecule has 0 aliphatic rings. The number of aromatic nitrogens is 2. The van der Waals surface area contributed by atoms with E-state index in [0.717, 1.165) is 11.3 Å². The largest absolute Gasteiger partial charge is 0.294 e. The zero-order chi connectivity index (χ0) is 15.6. The second kappa shape index (κ2) is 5.87. The van der Waals surface area contributed by atoms with Gasteiger partial charge in [-0.25, -0.2) is 0 Å². The van der Waals surface area contributed by atoms with Gasteiger partial charge in [-0.1, -0.05) is 19.1 Å². The molecule has 0 aliphatic heterocycles. The molecule has 2 aromatic rings. The van der Waals surface area contributed by atoms with Crippen LogP contribution in [0.15, 0.2) is 24.3 Å². The zero-order valence-electron chi connectivity index (χ0n) is 12.3. The van der Waals surface area contributed by atoms with Crippen LogP contribution in [-0.4, -0.2) is 20.5 Å². The molecule has 6 heteroatoms. The van der Waals surface area contributed by atoms with E-state index in [9.17, 15) is 14.9 Å². The maximum absolute atomic E-state index is 11.9. The molecule has 6 nitrogen and oxygen atoms in total. The zero-order valence-corrected chi connectivity index (χ0v) is 12.3. The number of hydrogen-bond acceptors (Lipinski definition) is 4. The lowest BCUT2D eigenvalue weighted by Gasteiger charge is -2.05. The molecule has 21 heavy (non-hydrogen) atoms. The van der Waals surface area contributed by atoms with Crippen LogP contribution in [0.1, 0.15) is 40.7 Å². The summed E-state index contributed by atoms with van der Waals surface area (Å²) in [5, 5.41) is 15.2. The molecule has 0 N–H and O–H groups in total. The molecular weight excluding hydrogens is 270 g/mol. The van der Waals surface area contributed by atoms with Crippen molar-refractivity contribution in [2.45, 2.75) is 33.7 Å². The summed E-state index contributed by atoms with van der Waals surface area (Å²) in [6.45, 7) is 5.88. The lowest BCUT2D eigenvalue weighted by atomic mass is 10.1. The number of nitro benzene ring substituents is 1. The molecule has 0 aliphatic carbocycles. The van der Waals surface area contributed by atoms with Crippen molar-refractivity contribution in [3.05, 3.63) is 56.9 Å². The van der Waals surface area contributed by atoms with Gasteiger partial charge >= 0.3 is 0 Å². The van der Waals surface area contributed by atoms with Crippen LogP contribution in [-0.2, 0) is 6.54 Å². The normalized spacial score (nSPS) is 10.6. The van der Waals surface area contributed by atoms with Crippen LogP contribution in [0.25, 0.3) is 0 Å². The van der Waals surface area contributed by atoms with Gasteiger partial charge in [0.15, 0.2) is 5.78 Å². The number of carbonyl (C=O) groups is 1. The second-order valence-electron chi connectivity index (χ2n) is 4.91. The smallest absolute Gasteiger partial charge is 0.269 e. The summed E-state index contributed by atoms with van der Waals surface area (Å²) in [7, 11) is 0. The molecule has 0 radical (unpaired) electrons. The Kier molecular flexibility index (Phi) is 4.16. The lowest BCUT2D eigenvalue weighted by Crippen LogP contribution is -2.06. The predicted octanol–water partition coefficient (Wildman–Crippen LogP) is 3.05. The van der Waals surface area contributed by atoms with Crippen molar-refractivity contribution < 1.29 is 9.72 Å². The molecule has 0 amide bonds. The molecule has 0 unspecified atom stereocenters. The molecule has 2 rings (SSSR count). The van der Waals surface area contributed by atoms with Crippen molar-refractivity contribution in [3.63, 3.8) is 0 Å². The van der Waals surface area contributed by atoms with E-state index in [-0.39, 0.29) is 11.5 Å². The fourth-order valence-corrected chi connectivity index (χ4v) is 2.37. The van der Waals surface area contributed by atoms with Gasteiger partial charge in [0, 0.05) is 24.2 Å². The highest BCUT2D eigenvalue weighted by molar-refractivity contribution is 5.97. The maximum atomic E-state index is 11.9. The van der Waals surface area contributed by atoms with Gasteiger partial charge < -0.3 is 0 Å². The minimum atomic E-state index is -0.420. The summed E-state index contributed by atoms with van der Waals surface area (Å²) in [5.74, 6) is 0.0651. The van der Waals surface area contributed by atoms with Crippen LogP contribution in [0.4, 0.5) is 5.69 Å². The van der Waals surface area contributed by atoms with Crippen molar-refractivity contribution in [1.82, 2.24) is 9.78 Å². The standard InChI is InChI=1S/C15H17N3O3/c1-4-14(19)15-10(2)16-17(11(15)3)9-12-6-5-7-13(8-12)18(20)21/h5-8H,4,9H2,1-3H3. The molecule has 0 saturated heterocycles. The third-order valence-electron chi connectivity index (χ3n) is 3.44. The number of aryl methyl sites for hydroxylation is 1. The predicted molar refractivity (Wildman–Crippen MR) is 78.5 cm³/mol. The molecule has 0 fully saturated rings. The van der Waals surface area contributed by atoms with Crippen LogP contribution in [0.2, 0.25) is 0 Å². The first-order valence-electron chi connectivity index (χ1n) is 6.74. The second-order valence-corrected chi connectivity index (χ2v) is 4.91. The van der Waals surface area contributed by atoms with Crippen molar-refractivity contribution in [2.75, 3.05) is 0 Å². The van der Waals surface area contributed by atoms with E-state index in [2.05, 4.69) is 5.10 Å². The summed E-state index contributed by atoms with van der Waals surface area (Å²) in [5.41, 5.74) is 2.99. The van der Waals surface area contributed by atoms with E-state index < -0.39 is 4.92 Å². The van der Waals surface area contributed by atoms with E-state index in [1.807, 2.05) is 19.9 Å². The summed E-state index contributed by atoms with van der Waals surface area (Å²) in [6, 6.07) is 6.44. The third-order valence-corrected chi connectivity index (χ3v) is 3.44. The maximum Gasteiger partial charge on any atom is 0.269 e.